The number of para-hydroxylation sites is 1. The lowest BCUT2D eigenvalue weighted by Crippen LogP contribution is -2.41. The van der Waals surface area contributed by atoms with E-state index in [2.05, 4.69) is 0 Å². The van der Waals surface area contributed by atoms with Crippen molar-refractivity contribution in [2.45, 2.75) is 25.7 Å². The Labute approximate surface area is 178 Å². The third-order valence-electron chi connectivity index (χ3n) is 5.18. The lowest BCUT2D eigenvalue weighted by molar-refractivity contribution is -0.116. The first-order chi connectivity index (χ1) is 14.2. The molecule has 3 rings (SSSR count). The van der Waals surface area contributed by atoms with Gasteiger partial charge >= 0.3 is 0 Å². The fraction of sp³-hybridized carbons (Fsp3) is 0.208. The third-order valence-corrected chi connectivity index (χ3v) is 6.97. The second kappa shape index (κ2) is 8.71. The van der Waals surface area contributed by atoms with Crippen LogP contribution in [0.15, 0.2) is 77.7 Å². The molecule has 0 aliphatic rings. The number of hydrogen-bond acceptors (Lipinski definition) is 3. The minimum Gasteiger partial charge on any atom is -0.314 e. The molecular formula is C24H26N2O3S. The average molecular weight is 423 g/mol. The van der Waals surface area contributed by atoms with Crippen LogP contribution in [-0.4, -0.2) is 27.9 Å². The lowest BCUT2D eigenvalue weighted by atomic mass is 10.1. The van der Waals surface area contributed by atoms with Gasteiger partial charge in [0.05, 0.1) is 10.6 Å². The number of rotatable bonds is 6. The van der Waals surface area contributed by atoms with Gasteiger partial charge in [0.1, 0.15) is 6.54 Å². The van der Waals surface area contributed by atoms with Crippen LogP contribution >= 0.6 is 0 Å². The van der Waals surface area contributed by atoms with Gasteiger partial charge in [0.25, 0.3) is 10.0 Å². The Morgan fingerprint density at radius 3 is 2.03 bits per heavy atom. The molecule has 0 N–H and O–H groups in total. The Kier molecular flexibility index (Phi) is 6.27. The molecule has 1 amide bonds. The number of amides is 1. The average Bonchev–Trinajstić information content (AvgIpc) is 2.74. The number of hydrogen-bond donors (Lipinski definition) is 0. The second-order valence-electron chi connectivity index (χ2n) is 7.38. The fourth-order valence-corrected chi connectivity index (χ4v) is 4.46. The first kappa shape index (κ1) is 21.6. The molecule has 0 radical (unpaired) electrons. The maximum atomic E-state index is 13.5. The van der Waals surface area contributed by atoms with Crippen LogP contribution in [0, 0.1) is 20.8 Å². The number of carbonyl (C=O) groups is 1. The van der Waals surface area contributed by atoms with Crippen molar-refractivity contribution >= 4 is 27.3 Å². The van der Waals surface area contributed by atoms with E-state index < -0.39 is 10.0 Å². The molecule has 0 atom stereocenters. The van der Waals surface area contributed by atoms with E-state index in [1.165, 1.54) is 9.21 Å². The minimum atomic E-state index is -3.93. The van der Waals surface area contributed by atoms with Gasteiger partial charge in [-0.3, -0.25) is 9.10 Å². The molecule has 0 aliphatic carbocycles. The molecule has 0 aliphatic heterocycles. The molecule has 0 fully saturated rings. The smallest absolute Gasteiger partial charge is 0.264 e. The van der Waals surface area contributed by atoms with E-state index in [9.17, 15) is 13.2 Å². The van der Waals surface area contributed by atoms with Gasteiger partial charge in [0.15, 0.2) is 0 Å². The number of benzene rings is 3. The van der Waals surface area contributed by atoms with Crippen LogP contribution in [-0.2, 0) is 14.8 Å². The van der Waals surface area contributed by atoms with E-state index in [-0.39, 0.29) is 17.3 Å². The lowest BCUT2D eigenvalue weighted by Gasteiger charge is -2.27. The van der Waals surface area contributed by atoms with Crippen molar-refractivity contribution in [2.24, 2.45) is 0 Å². The molecule has 0 aromatic heterocycles. The summed E-state index contributed by atoms with van der Waals surface area (Å²) in [5.74, 6) is -0.324. The van der Waals surface area contributed by atoms with Gasteiger partial charge < -0.3 is 4.90 Å². The van der Waals surface area contributed by atoms with Crippen LogP contribution < -0.4 is 9.21 Å². The maximum Gasteiger partial charge on any atom is 0.264 e. The summed E-state index contributed by atoms with van der Waals surface area (Å²) in [7, 11) is -2.28. The molecule has 5 nitrogen and oxygen atoms in total. The molecule has 156 valence electrons. The third kappa shape index (κ3) is 4.54. The summed E-state index contributed by atoms with van der Waals surface area (Å²) in [5.41, 5.74) is 4.15. The van der Waals surface area contributed by atoms with E-state index in [0.717, 1.165) is 16.7 Å². The van der Waals surface area contributed by atoms with Crippen molar-refractivity contribution in [1.82, 2.24) is 0 Å². The van der Waals surface area contributed by atoms with Crippen LogP contribution in [0.1, 0.15) is 16.7 Å². The normalized spacial score (nSPS) is 11.2. The van der Waals surface area contributed by atoms with Crippen LogP contribution in [0.3, 0.4) is 0 Å². The first-order valence-electron chi connectivity index (χ1n) is 9.68. The van der Waals surface area contributed by atoms with Crippen molar-refractivity contribution in [2.75, 3.05) is 22.8 Å². The van der Waals surface area contributed by atoms with Gasteiger partial charge in [0.2, 0.25) is 5.91 Å². The summed E-state index contributed by atoms with van der Waals surface area (Å²) < 4.78 is 28.2. The molecule has 0 heterocycles. The largest absolute Gasteiger partial charge is 0.314 e. The molecule has 30 heavy (non-hydrogen) atoms. The predicted octanol–water partition coefficient (Wildman–Crippen LogP) is 4.47. The van der Waals surface area contributed by atoms with Crippen molar-refractivity contribution < 1.29 is 13.2 Å². The summed E-state index contributed by atoms with van der Waals surface area (Å²) in [6.45, 7) is 5.49. The number of anilines is 2. The zero-order valence-electron chi connectivity index (χ0n) is 17.7. The zero-order valence-corrected chi connectivity index (χ0v) is 18.5. The van der Waals surface area contributed by atoms with Crippen LogP contribution in [0.2, 0.25) is 0 Å². The van der Waals surface area contributed by atoms with Crippen molar-refractivity contribution in [3.8, 4) is 0 Å². The fourth-order valence-electron chi connectivity index (χ4n) is 3.06. The SMILES string of the molecule is Cc1ccc(S(=O)(=O)N(CC(=O)N(C)c2ccccc2)c2ccc(C)c(C)c2)cc1. The Bertz CT molecular complexity index is 1140. The quantitative estimate of drug-likeness (QED) is 0.589. The standard InChI is InChI=1S/C24H26N2O3S/c1-18-10-14-23(15-11-18)30(28,29)26(22-13-12-19(2)20(3)16-22)17-24(27)25(4)21-8-6-5-7-9-21/h5-16H,17H2,1-4H3. The number of nitrogens with zero attached hydrogens (tertiary/aromatic N) is 2. The zero-order chi connectivity index (χ0) is 21.9. The Hall–Kier alpha value is -3.12. The van der Waals surface area contributed by atoms with E-state index in [4.69, 9.17) is 0 Å². The van der Waals surface area contributed by atoms with Gasteiger partial charge in [-0.05, 0) is 68.3 Å². The molecule has 0 spiro atoms. The van der Waals surface area contributed by atoms with Gasteiger partial charge in [0, 0.05) is 12.7 Å². The summed E-state index contributed by atoms with van der Waals surface area (Å²) in [5, 5.41) is 0. The van der Waals surface area contributed by atoms with Crippen LogP contribution in [0.25, 0.3) is 0 Å². The van der Waals surface area contributed by atoms with Gasteiger partial charge in [-0.2, -0.15) is 0 Å². The molecule has 3 aromatic rings. The van der Waals surface area contributed by atoms with E-state index in [1.54, 1.807) is 43.4 Å². The van der Waals surface area contributed by atoms with E-state index >= 15 is 0 Å². The van der Waals surface area contributed by atoms with E-state index in [0.29, 0.717) is 11.4 Å². The molecule has 0 saturated carbocycles. The van der Waals surface area contributed by atoms with Crippen LogP contribution in [0.4, 0.5) is 11.4 Å². The van der Waals surface area contributed by atoms with Gasteiger partial charge in [-0.25, -0.2) is 8.42 Å². The van der Waals surface area contributed by atoms with Crippen molar-refractivity contribution in [1.29, 1.82) is 0 Å². The number of aryl methyl sites for hydroxylation is 3. The molecule has 0 bridgehead atoms. The first-order valence-corrected chi connectivity index (χ1v) is 11.1. The predicted molar refractivity (Wildman–Crippen MR) is 121 cm³/mol. The molecule has 0 unspecified atom stereocenters. The van der Waals surface area contributed by atoms with Gasteiger partial charge in [-0.1, -0.05) is 42.0 Å². The molecule has 6 heteroatoms. The highest BCUT2D eigenvalue weighted by molar-refractivity contribution is 7.92. The molecule has 3 aromatic carbocycles. The number of likely N-dealkylation sites (N-methyl/N-ethyl adjacent to an activating group) is 1. The summed E-state index contributed by atoms with van der Waals surface area (Å²) in [6, 6.07) is 21.2. The Morgan fingerprint density at radius 2 is 1.43 bits per heavy atom. The second-order valence-corrected chi connectivity index (χ2v) is 9.24. The summed E-state index contributed by atoms with van der Waals surface area (Å²) in [4.78, 5) is 14.7. The number of sulfonamides is 1. The number of carbonyl (C=O) groups excluding carboxylic acids is 1. The van der Waals surface area contributed by atoms with Crippen molar-refractivity contribution in [3.05, 3.63) is 89.5 Å². The Balaban J connectivity index is 2.02. The Morgan fingerprint density at radius 1 is 0.800 bits per heavy atom. The molecular weight excluding hydrogens is 396 g/mol. The monoisotopic (exact) mass is 422 g/mol. The van der Waals surface area contributed by atoms with Crippen molar-refractivity contribution in [3.63, 3.8) is 0 Å². The topological polar surface area (TPSA) is 57.7 Å². The highest BCUT2D eigenvalue weighted by Crippen LogP contribution is 2.26. The highest BCUT2D eigenvalue weighted by Gasteiger charge is 2.28. The minimum absolute atomic E-state index is 0.154. The highest BCUT2D eigenvalue weighted by atomic mass is 32.2. The summed E-state index contributed by atoms with van der Waals surface area (Å²) in [6.07, 6.45) is 0. The van der Waals surface area contributed by atoms with E-state index in [1.807, 2.05) is 57.2 Å². The van der Waals surface area contributed by atoms with Crippen LogP contribution in [0.5, 0.6) is 0 Å². The maximum absolute atomic E-state index is 13.5. The van der Waals surface area contributed by atoms with Gasteiger partial charge in [-0.15, -0.1) is 0 Å². The summed E-state index contributed by atoms with van der Waals surface area (Å²) >= 11 is 0. The molecule has 0 saturated heterocycles.